The Hall–Kier alpha value is -4.04. The molecule has 3 amide bonds. The number of rotatable bonds is 8. The largest absolute Gasteiger partial charge is 0.465 e. The van der Waals surface area contributed by atoms with E-state index in [1.807, 2.05) is 0 Å². The van der Waals surface area contributed by atoms with Crippen LogP contribution in [0.4, 0.5) is 18.0 Å². The minimum absolute atomic E-state index is 0.0106. The fourth-order valence-corrected chi connectivity index (χ4v) is 4.10. The molecular weight excluding hydrogens is 491 g/mol. The molecule has 0 spiro atoms. The van der Waals surface area contributed by atoms with Crippen LogP contribution in [0.25, 0.3) is 0 Å². The highest BCUT2D eigenvalue weighted by molar-refractivity contribution is 5.98. The Kier molecular flexibility index (Phi) is 8.78. The second kappa shape index (κ2) is 11.8. The van der Waals surface area contributed by atoms with Gasteiger partial charge in [-0.15, -0.1) is 5.92 Å². The summed E-state index contributed by atoms with van der Waals surface area (Å²) in [4.78, 5) is 40.0. The van der Waals surface area contributed by atoms with Gasteiger partial charge in [0.1, 0.15) is 12.1 Å². The summed E-state index contributed by atoms with van der Waals surface area (Å²) in [6.45, 7) is 1.33. The van der Waals surface area contributed by atoms with Crippen LogP contribution in [0.5, 0.6) is 0 Å². The van der Waals surface area contributed by atoms with E-state index in [4.69, 9.17) is 0 Å². The van der Waals surface area contributed by atoms with Gasteiger partial charge in [-0.2, -0.15) is 13.2 Å². The first-order valence-corrected chi connectivity index (χ1v) is 11.4. The van der Waals surface area contributed by atoms with E-state index in [-0.39, 0.29) is 31.6 Å². The highest BCUT2D eigenvalue weighted by Gasteiger charge is 2.40. The maximum Gasteiger partial charge on any atom is 0.416 e. The lowest BCUT2D eigenvalue weighted by molar-refractivity contribution is -0.137. The summed E-state index contributed by atoms with van der Waals surface area (Å²) in [6, 6.07) is 10.5. The van der Waals surface area contributed by atoms with Gasteiger partial charge in [0.05, 0.1) is 11.6 Å². The van der Waals surface area contributed by atoms with Crippen molar-refractivity contribution in [3.05, 3.63) is 71.3 Å². The van der Waals surface area contributed by atoms with Crippen LogP contribution < -0.4 is 5.32 Å². The zero-order valence-electron chi connectivity index (χ0n) is 19.9. The number of aliphatic hydroxyl groups excluding tert-OH is 1. The summed E-state index contributed by atoms with van der Waals surface area (Å²) >= 11 is 0. The molecule has 3 rings (SSSR count). The molecule has 0 radical (unpaired) electrons. The third kappa shape index (κ3) is 7.01. The minimum Gasteiger partial charge on any atom is -0.465 e. The Bertz CT molecular complexity index is 1190. The van der Waals surface area contributed by atoms with Crippen molar-refractivity contribution in [2.24, 2.45) is 0 Å². The molecule has 0 aromatic heterocycles. The van der Waals surface area contributed by atoms with E-state index in [0.29, 0.717) is 11.6 Å². The number of carboxylic acid groups (broad SMARTS) is 1. The zero-order chi connectivity index (χ0) is 27.2. The zero-order valence-corrected chi connectivity index (χ0v) is 19.9. The number of benzene rings is 2. The molecule has 1 heterocycles. The third-order valence-electron chi connectivity index (χ3n) is 5.95. The normalized spacial score (nSPS) is 16.9. The van der Waals surface area contributed by atoms with E-state index < -0.39 is 47.8 Å². The van der Waals surface area contributed by atoms with Gasteiger partial charge in [0.25, 0.3) is 5.91 Å². The fourth-order valence-electron chi connectivity index (χ4n) is 4.10. The Morgan fingerprint density at radius 3 is 2.51 bits per heavy atom. The van der Waals surface area contributed by atoms with Crippen LogP contribution in [-0.4, -0.2) is 69.2 Å². The molecule has 0 aliphatic carbocycles. The molecule has 3 N–H and O–H groups in total. The average molecular weight is 518 g/mol. The van der Waals surface area contributed by atoms with Gasteiger partial charge < -0.3 is 25.3 Å². The predicted molar refractivity (Wildman–Crippen MR) is 127 cm³/mol. The van der Waals surface area contributed by atoms with Crippen molar-refractivity contribution in [1.82, 2.24) is 15.1 Å². The first-order chi connectivity index (χ1) is 17.5. The number of hydrogen-bond acceptors (Lipinski definition) is 4. The number of nitrogens with zero attached hydrogens (tertiary/aromatic N) is 2. The van der Waals surface area contributed by atoms with Gasteiger partial charge in [0, 0.05) is 25.2 Å². The van der Waals surface area contributed by atoms with Crippen molar-refractivity contribution in [2.75, 3.05) is 13.1 Å². The van der Waals surface area contributed by atoms with E-state index in [1.54, 1.807) is 30.3 Å². The van der Waals surface area contributed by atoms with Crippen molar-refractivity contribution < 1.29 is 37.8 Å². The number of amides is 3. The monoisotopic (exact) mass is 517 g/mol. The third-order valence-corrected chi connectivity index (χ3v) is 5.95. The summed E-state index contributed by atoms with van der Waals surface area (Å²) in [7, 11) is 0. The summed E-state index contributed by atoms with van der Waals surface area (Å²) in [6.07, 6.45) is -7.13. The van der Waals surface area contributed by atoms with Gasteiger partial charge in [-0.05, 0) is 37.1 Å². The van der Waals surface area contributed by atoms with Crippen LogP contribution >= 0.6 is 0 Å². The standard InChI is InChI=1S/C26H26F3N3O5/c1-2-7-22(33)21(16-31(25(36)37)15-17-8-4-3-5-9-17)32-13-12-20(24(32)35)30-23(34)18-10-6-11-19(14-18)26(27,28)29/h3-6,8-11,14,20-22,33H,12-13,15-16H2,1H3,(H,30,34)(H,36,37)/t20-,21-,22-/m0/s1. The molecule has 196 valence electrons. The van der Waals surface area contributed by atoms with Crippen molar-refractivity contribution in [2.45, 2.75) is 44.3 Å². The van der Waals surface area contributed by atoms with Crippen LogP contribution in [0.15, 0.2) is 54.6 Å². The summed E-state index contributed by atoms with van der Waals surface area (Å²) in [5.41, 5.74) is -0.541. The summed E-state index contributed by atoms with van der Waals surface area (Å²) < 4.78 is 39.0. The van der Waals surface area contributed by atoms with E-state index in [0.717, 1.165) is 17.0 Å². The quantitative estimate of drug-likeness (QED) is 0.467. The molecule has 1 saturated heterocycles. The van der Waals surface area contributed by atoms with Gasteiger partial charge in [-0.25, -0.2) is 4.79 Å². The molecule has 1 aliphatic rings. The van der Waals surface area contributed by atoms with Crippen LogP contribution in [0.1, 0.15) is 34.8 Å². The Morgan fingerprint density at radius 2 is 1.89 bits per heavy atom. The van der Waals surface area contributed by atoms with Crippen LogP contribution in [-0.2, 0) is 17.5 Å². The van der Waals surface area contributed by atoms with Gasteiger partial charge in [0.2, 0.25) is 5.91 Å². The number of likely N-dealkylation sites (tertiary alicyclic amines) is 1. The number of aliphatic hydroxyl groups is 1. The molecule has 0 unspecified atom stereocenters. The van der Waals surface area contributed by atoms with Gasteiger partial charge >= 0.3 is 12.3 Å². The fraction of sp³-hybridized carbons (Fsp3) is 0.346. The number of alkyl halides is 3. The van der Waals surface area contributed by atoms with Crippen LogP contribution in [0.3, 0.4) is 0 Å². The average Bonchev–Trinajstić information content (AvgIpc) is 3.21. The topological polar surface area (TPSA) is 110 Å². The van der Waals surface area contributed by atoms with E-state index >= 15 is 0 Å². The number of hydrogen-bond donors (Lipinski definition) is 3. The molecular formula is C26H26F3N3O5. The number of halogens is 3. The van der Waals surface area contributed by atoms with Crippen molar-refractivity contribution in [1.29, 1.82) is 0 Å². The first kappa shape index (κ1) is 27.5. The lowest BCUT2D eigenvalue weighted by atomic mass is 10.1. The maximum absolute atomic E-state index is 13.2. The second-order valence-corrected chi connectivity index (χ2v) is 8.48. The lowest BCUT2D eigenvalue weighted by Crippen LogP contribution is -2.53. The summed E-state index contributed by atoms with van der Waals surface area (Å²) in [5, 5.41) is 22.9. The Morgan fingerprint density at radius 1 is 1.19 bits per heavy atom. The SMILES string of the molecule is CC#C[C@H](O)[C@H](CN(Cc1ccccc1)C(=O)O)N1CC[C@H](NC(=O)c2cccc(C(F)(F)F)c2)C1=O. The molecule has 11 heteroatoms. The van der Waals surface area contributed by atoms with E-state index in [2.05, 4.69) is 17.2 Å². The Labute approximate surface area is 211 Å². The maximum atomic E-state index is 13.2. The highest BCUT2D eigenvalue weighted by Crippen LogP contribution is 2.29. The smallest absolute Gasteiger partial charge is 0.416 e. The van der Waals surface area contributed by atoms with Crippen molar-refractivity contribution in [3.63, 3.8) is 0 Å². The van der Waals surface area contributed by atoms with Gasteiger partial charge in [-0.3, -0.25) is 9.59 Å². The van der Waals surface area contributed by atoms with E-state index in [1.165, 1.54) is 17.9 Å². The van der Waals surface area contributed by atoms with Crippen LogP contribution in [0.2, 0.25) is 0 Å². The Balaban J connectivity index is 1.76. The second-order valence-electron chi connectivity index (χ2n) is 8.48. The van der Waals surface area contributed by atoms with Gasteiger partial charge in [0.15, 0.2) is 0 Å². The van der Waals surface area contributed by atoms with Crippen molar-refractivity contribution in [3.8, 4) is 11.8 Å². The van der Waals surface area contributed by atoms with E-state index in [9.17, 15) is 37.8 Å². The lowest BCUT2D eigenvalue weighted by Gasteiger charge is -2.33. The number of carbonyl (C=O) groups is 3. The van der Waals surface area contributed by atoms with Crippen LogP contribution in [0, 0.1) is 11.8 Å². The molecule has 8 nitrogen and oxygen atoms in total. The molecule has 37 heavy (non-hydrogen) atoms. The number of nitrogens with one attached hydrogen (secondary N) is 1. The molecule has 2 aromatic carbocycles. The first-order valence-electron chi connectivity index (χ1n) is 11.4. The molecule has 1 fully saturated rings. The highest BCUT2D eigenvalue weighted by atomic mass is 19.4. The minimum atomic E-state index is -4.63. The predicted octanol–water partition coefficient (Wildman–Crippen LogP) is 2.97. The number of carbonyl (C=O) groups excluding carboxylic acids is 2. The molecule has 0 saturated carbocycles. The molecule has 0 bridgehead atoms. The molecule has 2 aromatic rings. The molecule has 3 atom stereocenters. The molecule has 1 aliphatic heterocycles. The van der Waals surface area contributed by atoms with Crippen molar-refractivity contribution >= 4 is 17.9 Å². The van der Waals surface area contributed by atoms with Gasteiger partial charge in [-0.1, -0.05) is 42.3 Å². The summed E-state index contributed by atoms with van der Waals surface area (Å²) in [5.74, 6) is 3.66.